The third-order valence-corrected chi connectivity index (χ3v) is 4.01. The summed E-state index contributed by atoms with van der Waals surface area (Å²) in [6.45, 7) is -5.86. The number of fused-ring (bicyclic) bond motifs is 2. The lowest BCUT2D eigenvalue weighted by atomic mass is 9.98. The molecule has 1 unspecified atom stereocenters. The number of hydrogen-bond donors (Lipinski definition) is 2. The molecule has 100 valence electrons. The minimum absolute atomic E-state index is 0.0645. The molecule has 1 aromatic rings. The van der Waals surface area contributed by atoms with Gasteiger partial charge in [-0.25, -0.2) is 0 Å². The lowest BCUT2D eigenvalue weighted by Gasteiger charge is -2.31. The number of aliphatic hydroxyl groups excluding tert-OH is 1. The average Bonchev–Trinajstić information content (AvgIpc) is 2.99. The molecular formula is C13H22N4O. The second-order valence-corrected chi connectivity index (χ2v) is 5.20. The predicted molar refractivity (Wildman–Crippen MR) is 68.3 cm³/mol. The highest BCUT2D eigenvalue weighted by Gasteiger charge is 2.36. The van der Waals surface area contributed by atoms with Gasteiger partial charge in [0, 0.05) is 32.3 Å². The van der Waals surface area contributed by atoms with Crippen LogP contribution in [0.4, 0.5) is 0 Å². The zero-order chi connectivity index (χ0) is 17.7. The van der Waals surface area contributed by atoms with Crippen LogP contribution in [0, 0.1) is 0 Å². The van der Waals surface area contributed by atoms with E-state index in [0.717, 1.165) is 25.7 Å². The average molecular weight is 256 g/mol. The van der Waals surface area contributed by atoms with Crippen molar-refractivity contribution in [3.05, 3.63) is 11.6 Å². The summed E-state index contributed by atoms with van der Waals surface area (Å²) in [5.41, 5.74) is 0. The number of aromatic nitrogens is 3. The molecule has 3 heterocycles. The lowest BCUT2D eigenvalue weighted by molar-refractivity contribution is 0.239. The van der Waals surface area contributed by atoms with Crippen LogP contribution in [0.2, 0.25) is 0 Å². The van der Waals surface area contributed by atoms with E-state index in [-0.39, 0.29) is 17.7 Å². The number of nitrogens with zero attached hydrogens (tertiary/aromatic N) is 3. The van der Waals surface area contributed by atoms with E-state index in [4.69, 9.17) is 8.22 Å². The van der Waals surface area contributed by atoms with E-state index in [1.165, 1.54) is 0 Å². The third-order valence-electron chi connectivity index (χ3n) is 4.01. The minimum Gasteiger partial charge on any atom is -0.388 e. The Morgan fingerprint density at radius 2 is 2.11 bits per heavy atom. The number of aliphatic hydroxyl groups is 1. The van der Waals surface area contributed by atoms with Crippen molar-refractivity contribution in [3.8, 4) is 0 Å². The molecule has 18 heavy (non-hydrogen) atoms. The summed E-state index contributed by atoms with van der Waals surface area (Å²) >= 11 is 0. The maximum Gasteiger partial charge on any atom is 0.159 e. The molecule has 2 fully saturated rings. The Labute approximate surface area is 116 Å². The first kappa shape index (κ1) is 7.01. The van der Waals surface area contributed by atoms with Crippen LogP contribution in [-0.4, -0.2) is 32.0 Å². The highest BCUT2D eigenvalue weighted by atomic mass is 16.3. The number of rotatable bonds is 3. The van der Waals surface area contributed by atoms with Crippen molar-refractivity contribution in [3.63, 3.8) is 0 Å². The van der Waals surface area contributed by atoms with Gasteiger partial charge in [-0.05, 0) is 25.7 Å². The summed E-state index contributed by atoms with van der Waals surface area (Å²) in [6.07, 6.45) is 3.61. The van der Waals surface area contributed by atoms with Gasteiger partial charge >= 0.3 is 0 Å². The van der Waals surface area contributed by atoms with Crippen molar-refractivity contribution in [1.82, 2.24) is 20.1 Å². The van der Waals surface area contributed by atoms with Crippen molar-refractivity contribution >= 4 is 0 Å². The minimum atomic E-state index is -2.73. The van der Waals surface area contributed by atoms with Crippen LogP contribution in [0.15, 0.2) is 0 Å². The van der Waals surface area contributed by atoms with Gasteiger partial charge in [0.1, 0.15) is 12.4 Å². The van der Waals surface area contributed by atoms with Crippen molar-refractivity contribution in [2.45, 2.75) is 70.0 Å². The van der Waals surface area contributed by atoms with Crippen LogP contribution in [-0.2, 0) is 6.61 Å². The fourth-order valence-electron chi connectivity index (χ4n) is 3.28. The first-order chi connectivity index (χ1) is 11.1. The van der Waals surface area contributed by atoms with E-state index in [1.807, 2.05) is 0 Å². The van der Waals surface area contributed by atoms with Gasteiger partial charge in [0.25, 0.3) is 0 Å². The van der Waals surface area contributed by atoms with Crippen LogP contribution in [0.3, 0.4) is 0 Å². The summed E-state index contributed by atoms with van der Waals surface area (Å²) < 4.78 is 47.6. The second-order valence-electron chi connectivity index (χ2n) is 5.20. The molecule has 2 saturated heterocycles. The second kappa shape index (κ2) is 4.63. The molecule has 2 N–H and O–H groups in total. The van der Waals surface area contributed by atoms with Crippen LogP contribution in [0.5, 0.6) is 0 Å². The first-order valence-corrected chi connectivity index (χ1v) is 6.42. The molecule has 5 heteroatoms. The molecule has 2 aliphatic heterocycles. The summed E-state index contributed by atoms with van der Waals surface area (Å²) in [4.78, 5) is 0. The van der Waals surface area contributed by atoms with Crippen molar-refractivity contribution < 1.29 is 13.3 Å². The van der Waals surface area contributed by atoms with Crippen molar-refractivity contribution in [2.24, 2.45) is 0 Å². The Morgan fingerprint density at radius 3 is 2.72 bits per heavy atom. The molecule has 2 aliphatic rings. The molecule has 0 aliphatic carbocycles. The maximum absolute atomic E-state index is 9.58. The van der Waals surface area contributed by atoms with Crippen molar-refractivity contribution in [2.75, 3.05) is 0 Å². The highest BCUT2D eigenvalue weighted by molar-refractivity contribution is 5.05. The van der Waals surface area contributed by atoms with Crippen LogP contribution >= 0.6 is 0 Å². The lowest BCUT2D eigenvalue weighted by Crippen LogP contribution is -2.39. The molecule has 0 saturated carbocycles. The zero-order valence-corrected chi connectivity index (χ0v) is 10.1. The smallest absolute Gasteiger partial charge is 0.159 e. The molecule has 0 amide bonds. The standard InChI is InChI=1S/C13H22N4O/c1-8(2)13-16-15-12(7-18)17(13)11-5-9-3-4-10(6-11)14-9/h8-11,14,18H,3-7H2,1-2H3/t9-,10+,11?/i1D3,2D3. The molecule has 0 aromatic carbocycles. The summed E-state index contributed by atoms with van der Waals surface area (Å²) in [5, 5.41) is 20.8. The van der Waals surface area contributed by atoms with Crippen molar-refractivity contribution in [1.29, 1.82) is 0 Å². The Hall–Kier alpha value is -0.940. The van der Waals surface area contributed by atoms with Gasteiger partial charge in [0.15, 0.2) is 5.82 Å². The number of nitrogens with one attached hydrogen (secondary N) is 1. The SMILES string of the molecule is [2H]C([2H])([2H])C(c1nnc(CO)n1C1C[C@H]2CC[C@@H](C1)N2)C([2H])([2H])[2H]. The van der Waals surface area contributed by atoms with Gasteiger partial charge < -0.3 is 15.0 Å². The highest BCUT2D eigenvalue weighted by Crippen LogP contribution is 2.36. The Morgan fingerprint density at radius 1 is 1.39 bits per heavy atom. The van der Waals surface area contributed by atoms with Gasteiger partial charge in [-0.1, -0.05) is 13.7 Å². The van der Waals surface area contributed by atoms with E-state index in [9.17, 15) is 5.11 Å². The fourth-order valence-corrected chi connectivity index (χ4v) is 3.28. The fraction of sp³-hybridized carbons (Fsp3) is 0.846. The summed E-state index contributed by atoms with van der Waals surface area (Å²) in [5.74, 6) is -1.55. The van der Waals surface area contributed by atoms with Gasteiger partial charge in [-0.2, -0.15) is 0 Å². The topological polar surface area (TPSA) is 63.0 Å². The maximum atomic E-state index is 9.58. The largest absolute Gasteiger partial charge is 0.388 e. The van der Waals surface area contributed by atoms with Gasteiger partial charge in [0.2, 0.25) is 0 Å². The predicted octanol–water partition coefficient (Wildman–Crippen LogP) is 1.35. The van der Waals surface area contributed by atoms with Gasteiger partial charge in [-0.15, -0.1) is 10.2 Å². The Kier molecular flexibility index (Phi) is 1.80. The normalized spacial score (nSPS) is 37.6. The molecule has 5 nitrogen and oxygen atoms in total. The third kappa shape index (κ3) is 1.95. The summed E-state index contributed by atoms with van der Waals surface area (Å²) in [7, 11) is 0. The molecular weight excluding hydrogens is 228 g/mol. The molecule has 3 rings (SSSR count). The Bertz CT molecular complexity index is 572. The van der Waals surface area contributed by atoms with Gasteiger partial charge in [0.05, 0.1) is 0 Å². The van der Waals surface area contributed by atoms with Crippen LogP contribution in [0.1, 0.15) is 71.2 Å². The molecule has 1 aromatic heterocycles. The van der Waals surface area contributed by atoms with E-state index in [1.54, 1.807) is 4.57 Å². The van der Waals surface area contributed by atoms with Crippen LogP contribution in [0.25, 0.3) is 0 Å². The van der Waals surface area contributed by atoms with E-state index in [0.29, 0.717) is 12.1 Å². The quantitative estimate of drug-likeness (QED) is 0.857. The van der Waals surface area contributed by atoms with E-state index < -0.39 is 26.2 Å². The number of piperidine rings is 1. The monoisotopic (exact) mass is 256 g/mol. The van der Waals surface area contributed by atoms with Crippen LogP contribution < -0.4 is 5.32 Å². The molecule has 3 atom stereocenters. The zero-order valence-electron chi connectivity index (χ0n) is 16.1. The van der Waals surface area contributed by atoms with Gasteiger partial charge in [-0.3, -0.25) is 0 Å². The van der Waals surface area contributed by atoms with E-state index in [2.05, 4.69) is 15.5 Å². The molecule has 0 radical (unpaired) electrons. The van der Waals surface area contributed by atoms with E-state index >= 15 is 0 Å². The first-order valence-electron chi connectivity index (χ1n) is 9.42. The summed E-state index contributed by atoms with van der Waals surface area (Å²) in [6, 6.07) is 0.562. The molecule has 0 spiro atoms. The molecule has 2 bridgehead atoms. The number of hydrogen-bond acceptors (Lipinski definition) is 4. The Balaban J connectivity index is 2.04.